The highest BCUT2D eigenvalue weighted by Gasteiger charge is 2.39. The molecule has 7 heteroatoms. The summed E-state index contributed by atoms with van der Waals surface area (Å²) in [5, 5.41) is 3.37. The molecule has 1 N–H and O–H groups in total. The molecule has 0 saturated carbocycles. The van der Waals surface area contributed by atoms with Gasteiger partial charge in [0.1, 0.15) is 11.8 Å². The highest BCUT2D eigenvalue weighted by atomic mass is 16.5. The zero-order valence-corrected chi connectivity index (χ0v) is 23.3. The molecule has 2 aliphatic heterocycles. The van der Waals surface area contributed by atoms with Gasteiger partial charge in [-0.25, -0.2) is 0 Å². The predicted molar refractivity (Wildman–Crippen MR) is 145 cm³/mol. The van der Waals surface area contributed by atoms with Gasteiger partial charge in [-0.2, -0.15) is 0 Å². The average molecular weight is 501 g/mol. The van der Waals surface area contributed by atoms with Crippen LogP contribution in [0.2, 0.25) is 0 Å². The number of para-hydroxylation sites is 1. The van der Waals surface area contributed by atoms with Gasteiger partial charge in [-0.15, -0.1) is 0 Å². The van der Waals surface area contributed by atoms with E-state index in [-0.39, 0.29) is 23.9 Å². The number of nitrogens with one attached hydrogen (secondary N) is 1. The summed E-state index contributed by atoms with van der Waals surface area (Å²) in [7, 11) is 4.13. The number of piperidine rings is 1. The maximum atomic E-state index is 13.7. The normalized spacial score (nSPS) is 20.5. The summed E-state index contributed by atoms with van der Waals surface area (Å²) < 4.78 is 6.24. The standard InChI is InChI=1S/C29H48N4O3/c1-21(2)17-25-28(34)33(16-13-30-25)26(18-22(3)4)29(35)32-14-11-23(12-15-32)20-36-27-10-8-7-9-24(27)19-31(5)6/h7-10,21-23,25-26,30H,11-20H2,1-6H3/t25-,26-/m0/s1. The highest BCUT2D eigenvalue weighted by molar-refractivity contribution is 5.90. The van der Waals surface area contributed by atoms with E-state index in [1.165, 1.54) is 5.56 Å². The van der Waals surface area contributed by atoms with Crippen molar-refractivity contribution in [2.75, 3.05) is 46.9 Å². The van der Waals surface area contributed by atoms with E-state index in [0.717, 1.165) is 51.2 Å². The van der Waals surface area contributed by atoms with Crippen molar-refractivity contribution in [3.63, 3.8) is 0 Å². The molecule has 2 aliphatic rings. The van der Waals surface area contributed by atoms with Crippen LogP contribution in [0.4, 0.5) is 0 Å². The minimum atomic E-state index is -0.361. The molecule has 0 unspecified atom stereocenters. The number of ether oxygens (including phenoxy) is 1. The fourth-order valence-electron chi connectivity index (χ4n) is 5.38. The number of rotatable bonds is 11. The Hall–Kier alpha value is -2.12. The molecule has 3 rings (SSSR count). The van der Waals surface area contributed by atoms with Gasteiger partial charge in [-0.1, -0.05) is 45.9 Å². The van der Waals surface area contributed by atoms with E-state index >= 15 is 0 Å². The summed E-state index contributed by atoms with van der Waals surface area (Å²) in [5.74, 6) is 2.38. The third-order valence-corrected chi connectivity index (χ3v) is 7.25. The zero-order valence-electron chi connectivity index (χ0n) is 23.3. The topological polar surface area (TPSA) is 65.1 Å². The fourth-order valence-corrected chi connectivity index (χ4v) is 5.38. The molecule has 7 nitrogen and oxygen atoms in total. The first-order valence-electron chi connectivity index (χ1n) is 13.8. The quantitative estimate of drug-likeness (QED) is 0.503. The summed E-state index contributed by atoms with van der Waals surface area (Å²) in [5.41, 5.74) is 1.20. The van der Waals surface area contributed by atoms with E-state index in [9.17, 15) is 9.59 Å². The predicted octanol–water partition coefficient (Wildman–Crippen LogP) is 3.63. The SMILES string of the molecule is CC(C)C[C@@H]1NCCN([C@@H](CC(C)C)C(=O)N2CCC(COc3ccccc3CN(C)C)CC2)C1=O. The van der Waals surface area contributed by atoms with Gasteiger partial charge in [0.2, 0.25) is 11.8 Å². The van der Waals surface area contributed by atoms with Gasteiger partial charge in [0.05, 0.1) is 12.6 Å². The summed E-state index contributed by atoms with van der Waals surface area (Å²) in [6.07, 6.45) is 3.38. The average Bonchev–Trinajstić information content (AvgIpc) is 2.83. The van der Waals surface area contributed by atoms with Crippen LogP contribution in [0.3, 0.4) is 0 Å². The second-order valence-electron chi connectivity index (χ2n) is 11.7. The molecule has 2 amide bonds. The van der Waals surface area contributed by atoms with Gasteiger partial charge in [0, 0.05) is 38.3 Å². The molecule has 2 saturated heterocycles. The monoisotopic (exact) mass is 500 g/mol. The molecule has 0 aromatic heterocycles. The lowest BCUT2D eigenvalue weighted by Gasteiger charge is -2.42. The van der Waals surface area contributed by atoms with Crippen LogP contribution in [-0.4, -0.2) is 85.5 Å². The molecule has 2 heterocycles. The number of nitrogens with zero attached hydrogens (tertiary/aromatic N) is 3. The Morgan fingerprint density at radius 1 is 1.08 bits per heavy atom. The lowest BCUT2D eigenvalue weighted by molar-refractivity contribution is -0.150. The molecular weight excluding hydrogens is 452 g/mol. The molecule has 0 bridgehead atoms. The van der Waals surface area contributed by atoms with Crippen molar-refractivity contribution in [2.24, 2.45) is 17.8 Å². The minimum Gasteiger partial charge on any atom is -0.493 e. The van der Waals surface area contributed by atoms with Crippen LogP contribution in [0.25, 0.3) is 0 Å². The van der Waals surface area contributed by atoms with Crippen LogP contribution in [0.15, 0.2) is 24.3 Å². The van der Waals surface area contributed by atoms with Gasteiger partial charge in [0.25, 0.3) is 0 Å². The Bertz CT molecular complexity index is 849. The van der Waals surface area contributed by atoms with Crippen LogP contribution < -0.4 is 10.1 Å². The third kappa shape index (κ3) is 7.94. The fraction of sp³-hybridized carbons (Fsp3) is 0.724. The molecule has 0 aliphatic carbocycles. The van der Waals surface area contributed by atoms with Crippen molar-refractivity contribution in [1.82, 2.24) is 20.0 Å². The number of benzene rings is 1. The number of hydrogen-bond donors (Lipinski definition) is 1. The van der Waals surface area contributed by atoms with Crippen molar-refractivity contribution in [3.8, 4) is 5.75 Å². The highest BCUT2D eigenvalue weighted by Crippen LogP contribution is 2.25. The first-order chi connectivity index (χ1) is 17.2. The zero-order chi connectivity index (χ0) is 26.2. The molecule has 1 aromatic carbocycles. The summed E-state index contributed by atoms with van der Waals surface area (Å²) >= 11 is 0. The molecule has 0 radical (unpaired) electrons. The smallest absolute Gasteiger partial charge is 0.245 e. The van der Waals surface area contributed by atoms with Crippen molar-refractivity contribution in [1.29, 1.82) is 0 Å². The number of likely N-dealkylation sites (tertiary alicyclic amines) is 1. The number of hydrogen-bond acceptors (Lipinski definition) is 5. The van der Waals surface area contributed by atoms with Crippen LogP contribution in [-0.2, 0) is 16.1 Å². The number of amides is 2. The van der Waals surface area contributed by atoms with E-state index in [0.29, 0.717) is 37.3 Å². The van der Waals surface area contributed by atoms with Gasteiger partial charge in [-0.3, -0.25) is 9.59 Å². The van der Waals surface area contributed by atoms with Gasteiger partial charge in [-0.05, 0) is 63.6 Å². The first kappa shape index (κ1) is 28.5. The van der Waals surface area contributed by atoms with E-state index in [1.54, 1.807) is 0 Å². The summed E-state index contributed by atoms with van der Waals surface area (Å²) in [6, 6.07) is 7.70. The Balaban J connectivity index is 1.58. The molecule has 1 aromatic rings. The third-order valence-electron chi connectivity index (χ3n) is 7.25. The van der Waals surface area contributed by atoms with Gasteiger partial charge >= 0.3 is 0 Å². The molecule has 202 valence electrons. The maximum absolute atomic E-state index is 13.7. The van der Waals surface area contributed by atoms with Crippen molar-refractivity contribution >= 4 is 11.8 Å². The second kappa shape index (κ2) is 13.4. The van der Waals surface area contributed by atoms with Crippen LogP contribution in [0.1, 0.15) is 58.9 Å². The van der Waals surface area contributed by atoms with Crippen LogP contribution in [0, 0.1) is 17.8 Å². The molecular formula is C29H48N4O3. The van der Waals surface area contributed by atoms with E-state index < -0.39 is 0 Å². The number of carbonyl (C=O) groups is 2. The minimum absolute atomic E-state index is 0.0913. The summed E-state index contributed by atoms with van der Waals surface area (Å²) in [6.45, 7) is 12.9. The lowest BCUT2D eigenvalue weighted by Crippen LogP contribution is -2.62. The Morgan fingerprint density at radius 2 is 1.78 bits per heavy atom. The second-order valence-corrected chi connectivity index (χ2v) is 11.7. The van der Waals surface area contributed by atoms with Crippen LogP contribution >= 0.6 is 0 Å². The number of carbonyl (C=O) groups excluding carboxylic acids is 2. The molecule has 36 heavy (non-hydrogen) atoms. The number of piperazine rings is 1. The molecule has 0 spiro atoms. The van der Waals surface area contributed by atoms with E-state index in [1.807, 2.05) is 21.9 Å². The van der Waals surface area contributed by atoms with E-state index in [4.69, 9.17) is 4.74 Å². The molecule has 2 atom stereocenters. The lowest BCUT2D eigenvalue weighted by atomic mass is 9.94. The summed E-state index contributed by atoms with van der Waals surface area (Å²) in [4.78, 5) is 33.0. The van der Waals surface area contributed by atoms with E-state index in [2.05, 4.69) is 64.1 Å². The molecule has 2 fully saturated rings. The largest absolute Gasteiger partial charge is 0.493 e. The van der Waals surface area contributed by atoms with Gasteiger partial charge in [0.15, 0.2) is 0 Å². The Labute approximate surface area is 218 Å². The van der Waals surface area contributed by atoms with Crippen LogP contribution in [0.5, 0.6) is 5.75 Å². The Morgan fingerprint density at radius 3 is 2.42 bits per heavy atom. The van der Waals surface area contributed by atoms with Crippen molar-refractivity contribution in [3.05, 3.63) is 29.8 Å². The Kier molecular flexibility index (Phi) is 10.6. The van der Waals surface area contributed by atoms with Gasteiger partial charge < -0.3 is 24.8 Å². The van der Waals surface area contributed by atoms with Crippen molar-refractivity contribution < 1.29 is 14.3 Å². The first-order valence-corrected chi connectivity index (χ1v) is 13.8. The van der Waals surface area contributed by atoms with Crippen molar-refractivity contribution in [2.45, 2.75) is 72.0 Å². The maximum Gasteiger partial charge on any atom is 0.245 e.